The fourth-order valence-electron chi connectivity index (χ4n) is 1.39. The van der Waals surface area contributed by atoms with Gasteiger partial charge in [-0.25, -0.2) is 9.78 Å². The van der Waals surface area contributed by atoms with E-state index in [-0.39, 0.29) is 10.7 Å². The van der Waals surface area contributed by atoms with Gasteiger partial charge in [-0.05, 0) is 6.07 Å². The molecule has 0 saturated carbocycles. The summed E-state index contributed by atoms with van der Waals surface area (Å²) in [5.41, 5.74) is 0.225. The van der Waals surface area contributed by atoms with E-state index in [1.165, 1.54) is 0 Å². The Morgan fingerprint density at radius 2 is 2.00 bits per heavy atom. The van der Waals surface area contributed by atoms with Gasteiger partial charge in [-0.1, -0.05) is 29.8 Å². The van der Waals surface area contributed by atoms with Gasteiger partial charge >= 0.3 is 5.97 Å². The average molecular weight is 224 g/mol. The van der Waals surface area contributed by atoms with E-state index < -0.39 is 11.7 Å². The lowest BCUT2D eigenvalue weighted by atomic mass is 10.1. The number of benzene rings is 1. The number of hydrogen-bond acceptors (Lipinski definition) is 3. The zero-order valence-corrected chi connectivity index (χ0v) is 8.19. The molecule has 0 aliphatic heterocycles. The molecule has 76 valence electrons. The van der Waals surface area contributed by atoms with Gasteiger partial charge in [-0.3, -0.25) is 0 Å². The van der Waals surface area contributed by atoms with Crippen molar-refractivity contribution < 1.29 is 15.0 Å². The van der Waals surface area contributed by atoms with Crippen LogP contribution >= 0.6 is 11.6 Å². The van der Waals surface area contributed by atoms with Crippen LogP contribution in [0.1, 0.15) is 10.4 Å². The van der Waals surface area contributed by atoms with E-state index in [0.29, 0.717) is 10.9 Å². The van der Waals surface area contributed by atoms with Gasteiger partial charge in [0, 0.05) is 5.39 Å². The molecule has 1 aromatic carbocycles. The van der Waals surface area contributed by atoms with Crippen molar-refractivity contribution in [3.8, 4) is 5.75 Å². The number of rotatable bonds is 1. The quantitative estimate of drug-likeness (QED) is 0.728. The summed E-state index contributed by atoms with van der Waals surface area (Å²) in [5, 5.41) is 18.6. The van der Waals surface area contributed by atoms with E-state index in [0.717, 1.165) is 0 Å². The van der Waals surface area contributed by atoms with Gasteiger partial charge in [-0.2, -0.15) is 0 Å². The molecule has 0 saturated heterocycles. The molecule has 4 nitrogen and oxygen atoms in total. The van der Waals surface area contributed by atoms with Crippen molar-refractivity contribution in [1.82, 2.24) is 4.98 Å². The van der Waals surface area contributed by atoms with Gasteiger partial charge in [0.25, 0.3) is 0 Å². The first-order chi connectivity index (χ1) is 7.11. The van der Waals surface area contributed by atoms with E-state index in [4.69, 9.17) is 16.7 Å². The maximum Gasteiger partial charge on any atom is 0.340 e. The molecule has 0 aliphatic rings. The number of para-hydroxylation sites is 1. The van der Waals surface area contributed by atoms with Crippen molar-refractivity contribution in [2.75, 3.05) is 0 Å². The predicted octanol–water partition coefficient (Wildman–Crippen LogP) is 2.29. The van der Waals surface area contributed by atoms with Crippen molar-refractivity contribution in [1.29, 1.82) is 0 Å². The van der Waals surface area contributed by atoms with Gasteiger partial charge in [-0.15, -0.1) is 0 Å². The Morgan fingerprint density at radius 1 is 1.33 bits per heavy atom. The molecule has 0 fully saturated rings. The molecule has 0 amide bonds. The number of pyridine rings is 1. The highest BCUT2D eigenvalue weighted by atomic mass is 35.5. The summed E-state index contributed by atoms with van der Waals surface area (Å²) in [6.45, 7) is 0. The lowest BCUT2D eigenvalue weighted by Crippen LogP contribution is -2.00. The van der Waals surface area contributed by atoms with Crippen molar-refractivity contribution in [3.63, 3.8) is 0 Å². The zero-order chi connectivity index (χ0) is 11.0. The molecular formula is C10H6ClNO3. The molecule has 2 rings (SSSR count). The molecule has 0 radical (unpaired) electrons. The number of halogens is 1. The molecule has 2 N–H and O–H groups in total. The van der Waals surface area contributed by atoms with E-state index in [1.54, 1.807) is 24.3 Å². The summed E-state index contributed by atoms with van der Waals surface area (Å²) in [5.74, 6) is -1.73. The van der Waals surface area contributed by atoms with Crippen LogP contribution in [0.3, 0.4) is 0 Å². The maximum atomic E-state index is 10.9. The topological polar surface area (TPSA) is 70.4 Å². The summed E-state index contributed by atoms with van der Waals surface area (Å²) in [4.78, 5) is 14.8. The predicted molar refractivity (Wildman–Crippen MR) is 55.4 cm³/mol. The molecular weight excluding hydrogens is 218 g/mol. The Morgan fingerprint density at radius 3 is 2.67 bits per heavy atom. The van der Waals surface area contributed by atoms with Gasteiger partial charge < -0.3 is 10.2 Å². The minimum atomic E-state index is -1.23. The number of carboxylic acid groups (broad SMARTS) is 1. The molecule has 0 spiro atoms. The van der Waals surface area contributed by atoms with Crippen LogP contribution in [0.25, 0.3) is 10.9 Å². The number of aromatic nitrogens is 1. The van der Waals surface area contributed by atoms with Crippen LogP contribution in [0, 0.1) is 0 Å². The van der Waals surface area contributed by atoms with Gasteiger partial charge in [0.15, 0.2) is 10.9 Å². The molecule has 1 heterocycles. The van der Waals surface area contributed by atoms with E-state index in [1.807, 2.05) is 0 Å². The molecule has 1 aromatic heterocycles. The third-order valence-electron chi connectivity index (χ3n) is 2.04. The highest BCUT2D eigenvalue weighted by Gasteiger charge is 2.18. The second kappa shape index (κ2) is 3.40. The first-order valence-electron chi connectivity index (χ1n) is 4.11. The normalized spacial score (nSPS) is 10.5. The number of nitrogens with zero attached hydrogens (tertiary/aromatic N) is 1. The highest BCUT2D eigenvalue weighted by molar-refractivity contribution is 6.32. The standard InChI is InChI=1S/C10H6ClNO3/c11-9-8(13)7(10(14)15)5-3-1-2-4-6(5)12-9/h1-4,13H,(H,14,15). The Balaban J connectivity index is 2.95. The number of fused-ring (bicyclic) bond motifs is 1. The third kappa shape index (κ3) is 1.49. The van der Waals surface area contributed by atoms with Crippen molar-refractivity contribution in [3.05, 3.63) is 35.0 Å². The lowest BCUT2D eigenvalue weighted by Gasteiger charge is -2.05. The van der Waals surface area contributed by atoms with Crippen LogP contribution in [0.5, 0.6) is 5.75 Å². The van der Waals surface area contributed by atoms with Gasteiger partial charge in [0.1, 0.15) is 5.56 Å². The van der Waals surface area contributed by atoms with E-state index >= 15 is 0 Å². The fraction of sp³-hybridized carbons (Fsp3) is 0. The molecule has 5 heteroatoms. The van der Waals surface area contributed by atoms with Crippen molar-refractivity contribution in [2.45, 2.75) is 0 Å². The van der Waals surface area contributed by atoms with E-state index in [2.05, 4.69) is 4.98 Å². The number of carboxylic acids is 1. The van der Waals surface area contributed by atoms with Crippen LogP contribution in [0.15, 0.2) is 24.3 Å². The maximum absolute atomic E-state index is 10.9. The fourth-order valence-corrected chi connectivity index (χ4v) is 1.57. The third-order valence-corrected chi connectivity index (χ3v) is 2.30. The zero-order valence-electron chi connectivity index (χ0n) is 7.44. The largest absolute Gasteiger partial charge is 0.504 e. The Bertz CT molecular complexity index is 554. The monoisotopic (exact) mass is 223 g/mol. The van der Waals surface area contributed by atoms with Gasteiger partial charge in [0.05, 0.1) is 5.52 Å². The van der Waals surface area contributed by atoms with Crippen molar-refractivity contribution in [2.24, 2.45) is 0 Å². The summed E-state index contributed by atoms with van der Waals surface area (Å²) in [6, 6.07) is 6.59. The Kier molecular flexibility index (Phi) is 2.21. The summed E-state index contributed by atoms with van der Waals surface area (Å²) < 4.78 is 0. The number of hydrogen-bond donors (Lipinski definition) is 2. The average Bonchev–Trinajstić information content (AvgIpc) is 2.19. The van der Waals surface area contributed by atoms with Crippen LogP contribution in [-0.2, 0) is 0 Å². The van der Waals surface area contributed by atoms with Crippen LogP contribution < -0.4 is 0 Å². The van der Waals surface area contributed by atoms with Gasteiger partial charge in [0.2, 0.25) is 0 Å². The second-order valence-electron chi connectivity index (χ2n) is 2.95. The molecule has 0 unspecified atom stereocenters. The number of aromatic carboxylic acids is 1. The summed E-state index contributed by atoms with van der Waals surface area (Å²) >= 11 is 5.61. The summed E-state index contributed by atoms with van der Waals surface area (Å²) in [7, 11) is 0. The number of aromatic hydroxyl groups is 1. The Labute approximate surface area is 89.8 Å². The second-order valence-corrected chi connectivity index (χ2v) is 3.31. The lowest BCUT2D eigenvalue weighted by molar-refractivity contribution is 0.0696. The first kappa shape index (κ1) is 9.73. The minimum Gasteiger partial charge on any atom is -0.504 e. The van der Waals surface area contributed by atoms with E-state index in [9.17, 15) is 9.90 Å². The minimum absolute atomic E-state index is 0.203. The van der Waals surface area contributed by atoms with Crippen LogP contribution in [-0.4, -0.2) is 21.2 Å². The molecule has 15 heavy (non-hydrogen) atoms. The van der Waals surface area contributed by atoms with Crippen LogP contribution in [0.4, 0.5) is 0 Å². The van der Waals surface area contributed by atoms with Crippen LogP contribution in [0.2, 0.25) is 5.15 Å². The van der Waals surface area contributed by atoms with Crippen molar-refractivity contribution >= 4 is 28.5 Å². The number of carbonyl (C=O) groups is 1. The molecule has 0 aliphatic carbocycles. The molecule has 0 atom stereocenters. The first-order valence-corrected chi connectivity index (χ1v) is 4.49. The molecule has 2 aromatic rings. The molecule has 0 bridgehead atoms. The highest BCUT2D eigenvalue weighted by Crippen LogP contribution is 2.31. The SMILES string of the molecule is O=C(O)c1c(O)c(Cl)nc2ccccc12. The Hall–Kier alpha value is -1.81. The smallest absolute Gasteiger partial charge is 0.340 e. The summed E-state index contributed by atoms with van der Waals surface area (Å²) in [6.07, 6.45) is 0.